The molecule has 0 radical (unpaired) electrons. The standard InChI is InChI=1S/C14H24F3N3/c1-5-12-11(8-18-7-10(3)4)13(6-2)20(19-12)9-14(15,16)17/h10,18H,5-9H2,1-4H3. The number of aryl methyl sites for hydroxylation is 1. The lowest BCUT2D eigenvalue weighted by Crippen LogP contribution is -2.22. The van der Waals surface area contributed by atoms with Crippen molar-refractivity contribution >= 4 is 0 Å². The highest BCUT2D eigenvalue weighted by atomic mass is 19.4. The molecule has 1 aromatic heterocycles. The van der Waals surface area contributed by atoms with Gasteiger partial charge in [-0.25, -0.2) is 0 Å². The summed E-state index contributed by atoms with van der Waals surface area (Å²) in [7, 11) is 0. The summed E-state index contributed by atoms with van der Waals surface area (Å²) in [5.74, 6) is 0.510. The first-order valence-electron chi connectivity index (χ1n) is 7.13. The van der Waals surface area contributed by atoms with Crippen LogP contribution in [0.15, 0.2) is 0 Å². The molecular weight excluding hydrogens is 267 g/mol. The topological polar surface area (TPSA) is 29.9 Å². The SMILES string of the molecule is CCc1nn(CC(F)(F)F)c(CC)c1CNCC(C)C. The van der Waals surface area contributed by atoms with E-state index in [0.29, 0.717) is 31.0 Å². The van der Waals surface area contributed by atoms with Crippen molar-refractivity contribution in [1.82, 2.24) is 15.1 Å². The van der Waals surface area contributed by atoms with E-state index in [9.17, 15) is 13.2 Å². The van der Waals surface area contributed by atoms with Crippen molar-refractivity contribution in [2.24, 2.45) is 5.92 Å². The van der Waals surface area contributed by atoms with Gasteiger partial charge in [-0.05, 0) is 25.3 Å². The summed E-state index contributed by atoms with van der Waals surface area (Å²) in [6.45, 7) is 8.41. The predicted octanol–water partition coefficient (Wildman–Crippen LogP) is 3.32. The summed E-state index contributed by atoms with van der Waals surface area (Å²) in [4.78, 5) is 0. The fourth-order valence-corrected chi connectivity index (χ4v) is 2.26. The number of aromatic nitrogens is 2. The van der Waals surface area contributed by atoms with Gasteiger partial charge >= 0.3 is 6.18 Å². The van der Waals surface area contributed by atoms with Gasteiger partial charge in [-0.15, -0.1) is 0 Å². The quantitative estimate of drug-likeness (QED) is 0.835. The Hall–Kier alpha value is -1.04. The van der Waals surface area contributed by atoms with Gasteiger partial charge in [0.25, 0.3) is 0 Å². The van der Waals surface area contributed by atoms with Gasteiger partial charge in [-0.3, -0.25) is 4.68 Å². The van der Waals surface area contributed by atoms with Crippen LogP contribution in [0.1, 0.15) is 44.6 Å². The summed E-state index contributed by atoms with van der Waals surface area (Å²) >= 11 is 0. The van der Waals surface area contributed by atoms with E-state index in [1.54, 1.807) is 0 Å². The third kappa shape index (κ3) is 4.81. The molecule has 1 aromatic rings. The molecule has 20 heavy (non-hydrogen) atoms. The predicted molar refractivity (Wildman–Crippen MR) is 73.6 cm³/mol. The molecule has 0 atom stereocenters. The van der Waals surface area contributed by atoms with Crippen molar-refractivity contribution in [2.45, 2.75) is 59.8 Å². The molecule has 0 saturated carbocycles. The fraction of sp³-hybridized carbons (Fsp3) is 0.786. The molecular formula is C14H24F3N3. The van der Waals surface area contributed by atoms with Crippen LogP contribution in [0.2, 0.25) is 0 Å². The second-order valence-corrected chi connectivity index (χ2v) is 5.38. The minimum atomic E-state index is -4.23. The highest BCUT2D eigenvalue weighted by Gasteiger charge is 2.30. The molecule has 1 N–H and O–H groups in total. The molecule has 0 aromatic carbocycles. The Balaban J connectivity index is 2.96. The molecule has 0 unspecified atom stereocenters. The molecule has 6 heteroatoms. The third-order valence-corrected chi connectivity index (χ3v) is 3.10. The molecule has 0 spiro atoms. The van der Waals surface area contributed by atoms with Crippen molar-refractivity contribution in [3.8, 4) is 0 Å². The number of nitrogens with one attached hydrogen (secondary N) is 1. The Kier molecular flexibility index (Phi) is 6.05. The minimum Gasteiger partial charge on any atom is -0.312 e. The van der Waals surface area contributed by atoms with Gasteiger partial charge in [0.1, 0.15) is 6.54 Å². The van der Waals surface area contributed by atoms with Crippen LogP contribution >= 0.6 is 0 Å². The van der Waals surface area contributed by atoms with E-state index in [1.807, 2.05) is 13.8 Å². The fourth-order valence-electron chi connectivity index (χ4n) is 2.26. The maximum absolute atomic E-state index is 12.6. The van der Waals surface area contributed by atoms with Crippen molar-refractivity contribution in [1.29, 1.82) is 0 Å². The maximum atomic E-state index is 12.6. The highest BCUT2D eigenvalue weighted by molar-refractivity contribution is 5.27. The Morgan fingerprint density at radius 3 is 2.30 bits per heavy atom. The Morgan fingerprint density at radius 2 is 1.85 bits per heavy atom. The van der Waals surface area contributed by atoms with Crippen LogP contribution in [-0.4, -0.2) is 22.5 Å². The summed E-state index contributed by atoms with van der Waals surface area (Å²) in [6, 6.07) is 0. The average Bonchev–Trinajstić information content (AvgIpc) is 2.63. The zero-order valence-corrected chi connectivity index (χ0v) is 12.6. The van der Waals surface area contributed by atoms with E-state index in [0.717, 1.165) is 22.5 Å². The Bertz CT molecular complexity index is 422. The number of alkyl halides is 3. The molecule has 0 amide bonds. The Labute approximate surface area is 118 Å². The van der Waals surface area contributed by atoms with Crippen molar-refractivity contribution in [2.75, 3.05) is 6.54 Å². The van der Waals surface area contributed by atoms with Gasteiger partial charge in [0, 0.05) is 17.8 Å². The first-order chi connectivity index (χ1) is 9.28. The smallest absolute Gasteiger partial charge is 0.312 e. The minimum absolute atomic E-state index is 0.510. The van der Waals surface area contributed by atoms with E-state index >= 15 is 0 Å². The number of hydrogen-bond donors (Lipinski definition) is 1. The molecule has 0 bridgehead atoms. The molecule has 0 aliphatic carbocycles. The largest absolute Gasteiger partial charge is 0.408 e. The molecule has 0 saturated heterocycles. The molecule has 0 aliphatic rings. The number of halogens is 3. The second kappa shape index (κ2) is 7.11. The zero-order valence-electron chi connectivity index (χ0n) is 12.6. The first kappa shape index (κ1) is 17.0. The van der Waals surface area contributed by atoms with E-state index in [1.165, 1.54) is 0 Å². The summed E-state index contributed by atoms with van der Waals surface area (Å²) in [6.07, 6.45) is -3.03. The van der Waals surface area contributed by atoms with Crippen LogP contribution in [0, 0.1) is 5.92 Å². The zero-order chi connectivity index (χ0) is 15.3. The van der Waals surface area contributed by atoms with Crippen molar-refractivity contribution < 1.29 is 13.2 Å². The van der Waals surface area contributed by atoms with Gasteiger partial charge in [-0.2, -0.15) is 18.3 Å². The van der Waals surface area contributed by atoms with Gasteiger partial charge in [-0.1, -0.05) is 27.7 Å². The molecule has 1 rings (SSSR count). The van der Waals surface area contributed by atoms with Gasteiger partial charge in [0.05, 0.1) is 5.69 Å². The molecule has 0 aliphatic heterocycles. The van der Waals surface area contributed by atoms with Gasteiger partial charge in [0.2, 0.25) is 0 Å². The number of rotatable bonds is 7. The highest BCUT2D eigenvalue weighted by Crippen LogP contribution is 2.22. The van der Waals surface area contributed by atoms with E-state index in [2.05, 4.69) is 24.3 Å². The molecule has 0 fully saturated rings. The van der Waals surface area contributed by atoms with Crippen LogP contribution in [0.3, 0.4) is 0 Å². The third-order valence-electron chi connectivity index (χ3n) is 3.10. The molecule has 116 valence electrons. The van der Waals surface area contributed by atoms with E-state index in [-0.39, 0.29) is 0 Å². The lowest BCUT2D eigenvalue weighted by Gasteiger charge is -2.11. The van der Waals surface area contributed by atoms with Crippen molar-refractivity contribution in [3.63, 3.8) is 0 Å². The van der Waals surface area contributed by atoms with Crippen LogP contribution in [-0.2, 0) is 25.9 Å². The summed E-state index contributed by atoms with van der Waals surface area (Å²) in [5.41, 5.74) is 2.39. The molecule has 3 nitrogen and oxygen atoms in total. The van der Waals surface area contributed by atoms with Crippen molar-refractivity contribution in [3.05, 3.63) is 17.0 Å². The monoisotopic (exact) mass is 291 g/mol. The lowest BCUT2D eigenvalue weighted by atomic mass is 10.1. The maximum Gasteiger partial charge on any atom is 0.408 e. The Morgan fingerprint density at radius 1 is 1.20 bits per heavy atom. The number of nitrogens with zero attached hydrogens (tertiary/aromatic N) is 2. The molecule has 1 heterocycles. The van der Waals surface area contributed by atoms with Crippen LogP contribution < -0.4 is 5.32 Å². The average molecular weight is 291 g/mol. The lowest BCUT2D eigenvalue weighted by molar-refractivity contribution is -0.143. The van der Waals surface area contributed by atoms with Crippen LogP contribution in [0.5, 0.6) is 0 Å². The van der Waals surface area contributed by atoms with E-state index < -0.39 is 12.7 Å². The van der Waals surface area contributed by atoms with Crippen LogP contribution in [0.4, 0.5) is 13.2 Å². The second-order valence-electron chi connectivity index (χ2n) is 5.38. The normalized spacial score (nSPS) is 12.4. The van der Waals surface area contributed by atoms with Gasteiger partial charge < -0.3 is 5.32 Å². The number of hydrogen-bond acceptors (Lipinski definition) is 2. The van der Waals surface area contributed by atoms with Gasteiger partial charge in [0.15, 0.2) is 0 Å². The summed E-state index contributed by atoms with van der Waals surface area (Å²) in [5, 5.41) is 7.43. The van der Waals surface area contributed by atoms with E-state index in [4.69, 9.17) is 0 Å². The summed E-state index contributed by atoms with van der Waals surface area (Å²) < 4.78 is 38.9. The first-order valence-corrected chi connectivity index (χ1v) is 7.13. The van der Waals surface area contributed by atoms with Crippen LogP contribution in [0.25, 0.3) is 0 Å².